The van der Waals surface area contributed by atoms with Crippen molar-refractivity contribution in [2.75, 3.05) is 0 Å². The van der Waals surface area contributed by atoms with Gasteiger partial charge in [0.05, 0.1) is 10.2 Å². The highest BCUT2D eigenvalue weighted by atomic mass is 32.1. The summed E-state index contributed by atoms with van der Waals surface area (Å²) < 4.78 is 39.7. The minimum atomic E-state index is -4.48. The molecule has 7 heteroatoms. The van der Waals surface area contributed by atoms with E-state index in [-0.39, 0.29) is 4.96 Å². The second-order valence-corrected chi connectivity index (χ2v) is 4.22. The molecular weight excluding hydrogens is 239 g/mol. The molecule has 2 heterocycles. The summed E-state index contributed by atoms with van der Waals surface area (Å²) in [5.41, 5.74) is 0.486. The zero-order valence-corrected chi connectivity index (χ0v) is 8.51. The van der Waals surface area contributed by atoms with E-state index in [0.717, 1.165) is 9.10 Å². The maximum absolute atomic E-state index is 12.6. The lowest BCUT2D eigenvalue weighted by Gasteiger charge is -2.02. The van der Waals surface area contributed by atoms with Crippen LogP contribution in [0, 0.1) is 0 Å². The Balaban J connectivity index is 2.48. The molecular formula is C9H4F3N3S. The van der Waals surface area contributed by atoms with Crippen molar-refractivity contribution in [3.8, 4) is 0 Å². The van der Waals surface area contributed by atoms with Crippen LogP contribution in [0.2, 0.25) is 0 Å². The molecule has 0 amide bonds. The van der Waals surface area contributed by atoms with Crippen molar-refractivity contribution in [2.45, 2.75) is 6.18 Å². The molecule has 0 aliphatic rings. The van der Waals surface area contributed by atoms with Gasteiger partial charge in [0.2, 0.25) is 10.8 Å². The van der Waals surface area contributed by atoms with Crippen LogP contribution in [0.3, 0.4) is 0 Å². The molecule has 0 spiro atoms. The lowest BCUT2D eigenvalue weighted by molar-refractivity contribution is -0.145. The van der Waals surface area contributed by atoms with E-state index >= 15 is 0 Å². The third-order valence-corrected chi connectivity index (χ3v) is 3.21. The molecule has 0 N–H and O–H groups in total. The van der Waals surface area contributed by atoms with Crippen LogP contribution in [-0.2, 0) is 6.18 Å². The molecule has 0 unspecified atom stereocenters. The van der Waals surface area contributed by atoms with Crippen LogP contribution in [-0.4, -0.2) is 14.6 Å². The Kier molecular flexibility index (Phi) is 1.76. The van der Waals surface area contributed by atoms with Gasteiger partial charge in [0, 0.05) is 0 Å². The maximum Gasteiger partial charge on any atom is 0.452 e. The van der Waals surface area contributed by atoms with E-state index in [1.54, 1.807) is 24.3 Å². The van der Waals surface area contributed by atoms with Crippen LogP contribution in [0.5, 0.6) is 0 Å². The average Bonchev–Trinajstić information content (AvgIpc) is 2.73. The van der Waals surface area contributed by atoms with E-state index in [2.05, 4.69) is 10.2 Å². The monoisotopic (exact) mass is 243 g/mol. The summed E-state index contributed by atoms with van der Waals surface area (Å²) in [7, 11) is 0. The second-order valence-electron chi connectivity index (χ2n) is 3.21. The molecule has 0 aliphatic heterocycles. The highest BCUT2D eigenvalue weighted by Gasteiger charge is 2.37. The number of benzene rings is 1. The fourth-order valence-electron chi connectivity index (χ4n) is 1.56. The van der Waals surface area contributed by atoms with Crippen molar-refractivity contribution in [3.63, 3.8) is 0 Å². The molecule has 82 valence electrons. The molecule has 3 aromatic rings. The van der Waals surface area contributed by atoms with Crippen LogP contribution in [0.15, 0.2) is 24.3 Å². The largest absolute Gasteiger partial charge is 0.452 e. The van der Waals surface area contributed by atoms with E-state index in [1.165, 1.54) is 11.3 Å². The third kappa shape index (κ3) is 1.21. The number of hydrogen-bond donors (Lipinski definition) is 0. The van der Waals surface area contributed by atoms with E-state index < -0.39 is 12.0 Å². The number of thiazole rings is 1. The third-order valence-electron chi connectivity index (χ3n) is 2.19. The van der Waals surface area contributed by atoms with Gasteiger partial charge in [0.25, 0.3) is 0 Å². The Morgan fingerprint density at radius 2 is 1.88 bits per heavy atom. The van der Waals surface area contributed by atoms with Gasteiger partial charge in [-0.15, -0.1) is 10.2 Å². The normalized spacial score (nSPS) is 12.7. The van der Waals surface area contributed by atoms with Crippen LogP contribution in [0.4, 0.5) is 13.2 Å². The van der Waals surface area contributed by atoms with Crippen molar-refractivity contribution in [1.82, 2.24) is 14.6 Å². The topological polar surface area (TPSA) is 30.2 Å². The van der Waals surface area contributed by atoms with Crippen LogP contribution in [0.25, 0.3) is 15.2 Å². The Bertz CT molecular complexity index is 667. The van der Waals surface area contributed by atoms with Gasteiger partial charge in [-0.25, -0.2) is 0 Å². The lowest BCUT2D eigenvalue weighted by Crippen LogP contribution is -2.10. The predicted molar refractivity (Wildman–Crippen MR) is 53.4 cm³/mol. The van der Waals surface area contributed by atoms with Crippen molar-refractivity contribution in [1.29, 1.82) is 0 Å². The molecule has 3 nitrogen and oxygen atoms in total. The Morgan fingerprint density at radius 1 is 1.12 bits per heavy atom. The van der Waals surface area contributed by atoms with Crippen LogP contribution >= 0.6 is 11.3 Å². The fraction of sp³-hybridized carbons (Fsp3) is 0.111. The molecule has 0 saturated carbocycles. The minimum absolute atomic E-state index is 0.258. The van der Waals surface area contributed by atoms with E-state index in [4.69, 9.17) is 0 Å². The summed E-state index contributed by atoms with van der Waals surface area (Å²) >= 11 is 1.19. The van der Waals surface area contributed by atoms with Gasteiger partial charge in [0.15, 0.2) is 0 Å². The number of hydrogen-bond acceptors (Lipinski definition) is 3. The number of aromatic nitrogens is 3. The molecule has 16 heavy (non-hydrogen) atoms. The highest BCUT2D eigenvalue weighted by molar-refractivity contribution is 7.23. The number of fused-ring (bicyclic) bond motifs is 3. The Hall–Kier alpha value is -1.63. The molecule has 0 fully saturated rings. The van der Waals surface area contributed by atoms with Gasteiger partial charge < -0.3 is 0 Å². The molecule has 3 rings (SSSR count). The standard InChI is InChI=1S/C9H4F3N3S/c10-9(11,12)7-13-14-8-15(7)5-3-1-2-4-6(5)16-8/h1-4H. The summed E-state index contributed by atoms with van der Waals surface area (Å²) in [6.07, 6.45) is -4.48. The highest BCUT2D eigenvalue weighted by Crippen LogP contribution is 2.33. The van der Waals surface area contributed by atoms with Gasteiger partial charge in [-0.2, -0.15) is 13.2 Å². The van der Waals surface area contributed by atoms with Gasteiger partial charge in [-0.05, 0) is 12.1 Å². The molecule has 0 radical (unpaired) electrons. The summed E-state index contributed by atoms with van der Waals surface area (Å²) in [4.78, 5) is 0.258. The van der Waals surface area contributed by atoms with Gasteiger partial charge in [-0.3, -0.25) is 4.40 Å². The number of alkyl halides is 3. The lowest BCUT2D eigenvalue weighted by atomic mass is 10.3. The van der Waals surface area contributed by atoms with Crippen molar-refractivity contribution in [2.24, 2.45) is 0 Å². The zero-order valence-electron chi connectivity index (χ0n) is 7.69. The number of nitrogens with zero attached hydrogens (tertiary/aromatic N) is 3. The maximum atomic E-state index is 12.6. The first-order chi connectivity index (χ1) is 7.57. The fourth-order valence-corrected chi connectivity index (χ4v) is 2.53. The SMILES string of the molecule is FC(F)(F)c1nnc2sc3ccccc3n12. The zero-order chi connectivity index (χ0) is 11.3. The van der Waals surface area contributed by atoms with Gasteiger partial charge >= 0.3 is 6.18 Å². The molecule has 0 atom stereocenters. The summed E-state index contributed by atoms with van der Waals surface area (Å²) in [6, 6.07) is 6.85. The van der Waals surface area contributed by atoms with Crippen molar-refractivity contribution < 1.29 is 13.2 Å². The minimum Gasteiger partial charge on any atom is -0.262 e. The van der Waals surface area contributed by atoms with E-state index in [1.807, 2.05) is 0 Å². The molecule has 1 aromatic carbocycles. The van der Waals surface area contributed by atoms with Gasteiger partial charge in [0.1, 0.15) is 0 Å². The van der Waals surface area contributed by atoms with E-state index in [0.29, 0.717) is 5.52 Å². The average molecular weight is 243 g/mol. The first-order valence-corrected chi connectivity index (χ1v) is 5.19. The Morgan fingerprint density at radius 3 is 2.62 bits per heavy atom. The van der Waals surface area contributed by atoms with E-state index in [9.17, 15) is 13.2 Å². The van der Waals surface area contributed by atoms with Gasteiger partial charge in [-0.1, -0.05) is 23.5 Å². The smallest absolute Gasteiger partial charge is 0.262 e. The summed E-state index contributed by atoms with van der Waals surface area (Å²) in [5.74, 6) is -0.972. The summed E-state index contributed by atoms with van der Waals surface area (Å²) in [6.45, 7) is 0. The quantitative estimate of drug-likeness (QED) is 0.607. The first kappa shape index (κ1) is 9.59. The van der Waals surface area contributed by atoms with Crippen molar-refractivity contribution >= 4 is 26.5 Å². The summed E-state index contributed by atoms with van der Waals surface area (Å²) in [5, 5.41) is 6.71. The number of rotatable bonds is 0. The second kappa shape index (κ2) is 2.94. The molecule has 0 aliphatic carbocycles. The Labute approximate surface area is 91.1 Å². The number of halogens is 3. The van der Waals surface area contributed by atoms with Crippen LogP contribution in [0.1, 0.15) is 5.82 Å². The molecule has 0 bridgehead atoms. The molecule has 0 saturated heterocycles. The number of para-hydroxylation sites is 1. The molecule has 2 aromatic heterocycles. The van der Waals surface area contributed by atoms with Crippen LogP contribution < -0.4 is 0 Å². The first-order valence-electron chi connectivity index (χ1n) is 4.37. The van der Waals surface area contributed by atoms with Crippen molar-refractivity contribution in [3.05, 3.63) is 30.1 Å². The predicted octanol–water partition coefficient (Wildman–Crippen LogP) is 2.96.